The third-order valence-electron chi connectivity index (χ3n) is 4.20. The van der Waals surface area contributed by atoms with Crippen LogP contribution in [0.3, 0.4) is 0 Å². The van der Waals surface area contributed by atoms with Crippen molar-refractivity contribution in [1.29, 1.82) is 0 Å². The third-order valence-corrected chi connectivity index (χ3v) is 5.39. The average molecular weight is 328 g/mol. The molecule has 1 aromatic rings. The summed E-state index contributed by atoms with van der Waals surface area (Å²) in [7, 11) is 2.10. The number of nitrogens with zero attached hydrogens (tertiary/aromatic N) is 1. The molecule has 3 heteroatoms. The van der Waals surface area contributed by atoms with Crippen LogP contribution < -0.4 is 0 Å². The predicted molar refractivity (Wildman–Crippen MR) is 82.0 cm³/mol. The number of rotatable bonds is 5. The quantitative estimate of drug-likeness (QED) is 0.714. The van der Waals surface area contributed by atoms with E-state index in [1.54, 1.807) is 12.1 Å². The number of halogens is 2. The van der Waals surface area contributed by atoms with E-state index in [1.165, 1.54) is 32.1 Å². The van der Waals surface area contributed by atoms with Gasteiger partial charge in [0.05, 0.1) is 0 Å². The normalized spacial score (nSPS) is 18.7. The van der Waals surface area contributed by atoms with Crippen molar-refractivity contribution < 1.29 is 4.39 Å². The van der Waals surface area contributed by atoms with Crippen molar-refractivity contribution in [2.24, 2.45) is 5.41 Å². The Hall–Kier alpha value is -0.410. The Morgan fingerprint density at radius 3 is 2.53 bits per heavy atom. The molecule has 1 fully saturated rings. The largest absolute Gasteiger partial charge is 0.301 e. The van der Waals surface area contributed by atoms with E-state index in [0.717, 1.165) is 17.4 Å². The lowest BCUT2D eigenvalue weighted by atomic mass is 9.75. The maximum absolute atomic E-state index is 13.7. The van der Waals surface area contributed by atoms with E-state index in [0.29, 0.717) is 12.0 Å². The van der Waals surface area contributed by atoms with Crippen LogP contribution in [-0.4, -0.2) is 23.8 Å². The Morgan fingerprint density at radius 1 is 1.21 bits per heavy atom. The second-order valence-corrected chi connectivity index (χ2v) is 6.52. The van der Waals surface area contributed by atoms with Crippen molar-refractivity contribution in [3.8, 4) is 0 Å². The monoisotopic (exact) mass is 327 g/mol. The molecule has 1 aromatic carbocycles. The van der Waals surface area contributed by atoms with Crippen molar-refractivity contribution in [1.82, 2.24) is 4.90 Å². The van der Waals surface area contributed by atoms with Gasteiger partial charge in [-0.25, -0.2) is 4.39 Å². The minimum absolute atomic E-state index is 0.0918. The first-order valence-corrected chi connectivity index (χ1v) is 8.25. The summed E-state index contributed by atoms with van der Waals surface area (Å²) in [4.78, 5) is 2.27. The van der Waals surface area contributed by atoms with Crippen molar-refractivity contribution in [2.75, 3.05) is 18.9 Å². The minimum Gasteiger partial charge on any atom is -0.301 e. The molecule has 19 heavy (non-hydrogen) atoms. The van der Waals surface area contributed by atoms with Gasteiger partial charge in [0, 0.05) is 24.0 Å². The Kier molecular flexibility index (Phi) is 5.40. The van der Waals surface area contributed by atoms with Gasteiger partial charge < -0.3 is 4.90 Å². The molecule has 0 radical (unpaired) electrons. The van der Waals surface area contributed by atoms with E-state index >= 15 is 0 Å². The fourth-order valence-corrected chi connectivity index (χ4v) is 3.92. The van der Waals surface area contributed by atoms with E-state index in [9.17, 15) is 4.39 Å². The topological polar surface area (TPSA) is 3.24 Å². The van der Waals surface area contributed by atoms with Gasteiger partial charge in [-0.15, -0.1) is 0 Å². The van der Waals surface area contributed by atoms with Crippen LogP contribution >= 0.6 is 15.9 Å². The third kappa shape index (κ3) is 4.03. The molecule has 1 aliphatic carbocycles. The first-order valence-electron chi connectivity index (χ1n) is 7.13. The molecule has 1 nitrogen and oxygen atoms in total. The molecule has 106 valence electrons. The standard InChI is InChI=1S/C16H23BrFN/c1-19(11-14-7-3-4-8-15(14)18)13-16(12-17)9-5-2-6-10-16/h3-4,7-8H,2,5-6,9-13H2,1H3. The molecule has 0 saturated heterocycles. The summed E-state index contributed by atoms with van der Waals surface area (Å²) in [5.74, 6) is -0.0918. The fraction of sp³-hybridized carbons (Fsp3) is 0.625. The van der Waals surface area contributed by atoms with Gasteiger partial charge in [0.1, 0.15) is 5.82 Å². The molecule has 0 N–H and O–H groups in total. The van der Waals surface area contributed by atoms with E-state index in [2.05, 4.69) is 27.9 Å². The highest BCUT2D eigenvalue weighted by Gasteiger charge is 2.32. The molecule has 0 aromatic heterocycles. The van der Waals surface area contributed by atoms with Gasteiger partial charge in [-0.05, 0) is 31.4 Å². The predicted octanol–water partition coefficient (Wildman–Crippen LogP) is 4.60. The maximum atomic E-state index is 13.7. The minimum atomic E-state index is -0.0918. The lowest BCUT2D eigenvalue weighted by Crippen LogP contribution is -2.38. The number of hydrogen-bond donors (Lipinski definition) is 0. The van der Waals surface area contributed by atoms with E-state index in [4.69, 9.17) is 0 Å². The summed E-state index contributed by atoms with van der Waals surface area (Å²) in [6.07, 6.45) is 6.61. The van der Waals surface area contributed by atoms with Crippen LogP contribution in [0.2, 0.25) is 0 Å². The Balaban J connectivity index is 1.96. The van der Waals surface area contributed by atoms with Gasteiger partial charge in [0.25, 0.3) is 0 Å². The Morgan fingerprint density at radius 2 is 1.89 bits per heavy atom. The molecule has 0 amide bonds. The molecule has 1 aliphatic rings. The van der Waals surface area contributed by atoms with Crippen molar-refractivity contribution >= 4 is 15.9 Å². The number of benzene rings is 1. The zero-order chi connectivity index (χ0) is 13.7. The first kappa shape index (κ1) is 15.0. The SMILES string of the molecule is CN(Cc1ccccc1F)CC1(CBr)CCCCC1. The van der Waals surface area contributed by atoms with Crippen molar-refractivity contribution in [3.63, 3.8) is 0 Å². The lowest BCUT2D eigenvalue weighted by molar-refractivity contribution is 0.140. The van der Waals surface area contributed by atoms with Crippen LogP contribution in [0.4, 0.5) is 4.39 Å². The van der Waals surface area contributed by atoms with Crippen LogP contribution in [0.15, 0.2) is 24.3 Å². The van der Waals surface area contributed by atoms with Gasteiger partial charge in [-0.1, -0.05) is 53.4 Å². The Labute approximate surface area is 124 Å². The van der Waals surface area contributed by atoms with E-state index in [-0.39, 0.29) is 5.82 Å². The van der Waals surface area contributed by atoms with Gasteiger partial charge in [0.15, 0.2) is 0 Å². The highest BCUT2D eigenvalue weighted by atomic mass is 79.9. The molecule has 0 heterocycles. The molecule has 1 saturated carbocycles. The summed E-state index contributed by atoms with van der Waals surface area (Å²) in [5.41, 5.74) is 1.18. The van der Waals surface area contributed by atoms with Crippen molar-refractivity contribution in [3.05, 3.63) is 35.6 Å². The molecule has 0 atom stereocenters. The fourth-order valence-electron chi connectivity index (χ4n) is 3.18. The number of hydrogen-bond acceptors (Lipinski definition) is 1. The highest BCUT2D eigenvalue weighted by Crippen LogP contribution is 2.38. The Bertz CT molecular complexity index is 401. The smallest absolute Gasteiger partial charge is 0.127 e. The van der Waals surface area contributed by atoms with Crippen LogP contribution in [0.1, 0.15) is 37.7 Å². The van der Waals surface area contributed by atoms with E-state index < -0.39 is 0 Å². The average Bonchev–Trinajstić information content (AvgIpc) is 2.42. The second-order valence-electron chi connectivity index (χ2n) is 5.96. The lowest BCUT2D eigenvalue weighted by Gasteiger charge is -2.39. The summed E-state index contributed by atoms with van der Waals surface area (Å²) in [6, 6.07) is 7.09. The molecule has 0 unspecified atom stereocenters. The number of alkyl halides is 1. The molecular formula is C16H23BrFN. The van der Waals surface area contributed by atoms with Gasteiger partial charge >= 0.3 is 0 Å². The molecule has 0 bridgehead atoms. The highest BCUT2D eigenvalue weighted by molar-refractivity contribution is 9.09. The van der Waals surface area contributed by atoms with Crippen molar-refractivity contribution in [2.45, 2.75) is 38.6 Å². The van der Waals surface area contributed by atoms with E-state index in [1.807, 2.05) is 12.1 Å². The molecule has 0 aliphatic heterocycles. The summed E-state index contributed by atoms with van der Waals surface area (Å²) in [6.45, 7) is 1.74. The summed E-state index contributed by atoms with van der Waals surface area (Å²) in [5, 5.41) is 1.06. The van der Waals surface area contributed by atoms with Gasteiger partial charge in [-0.2, -0.15) is 0 Å². The van der Waals surface area contributed by atoms with Crippen LogP contribution in [-0.2, 0) is 6.54 Å². The zero-order valence-corrected chi connectivity index (χ0v) is 13.3. The summed E-state index contributed by atoms with van der Waals surface area (Å²) >= 11 is 3.70. The van der Waals surface area contributed by atoms with Crippen LogP contribution in [0.5, 0.6) is 0 Å². The van der Waals surface area contributed by atoms with Crippen LogP contribution in [0.25, 0.3) is 0 Å². The molecule has 2 rings (SSSR count). The summed E-state index contributed by atoms with van der Waals surface area (Å²) < 4.78 is 13.7. The zero-order valence-electron chi connectivity index (χ0n) is 11.7. The second kappa shape index (κ2) is 6.85. The molecule has 0 spiro atoms. The first-order chi connectivity index (χ1) is 9.15. The maximum Gasteiger partial charge on any atom is 0.127 e. The molecular weight excluding hydrogens is 305 g/mol. The van der Waals surface area contributed by atoms with Gasteiger partial charge in [0.2, 0.25) is 0 Å². The van der Waals surface area contributed by atoms with Gasteiger partial charge in [-0.3, -0.25) is 0 Å². The van der Waals surface area contributed by atoms with Crippen LogP contribution in [0, 0.1) is 11.2 Å².